The van der Waals surface area contributed by atoms with Crippen LogP contribution >= 0.6 is 0 Å². The predicted octanol–water partition coefficient (Wildman–Crippen LogP) is 2.10. The van der Waals surface area contributed by atoms with Crippen molar-refractivity contribution in [1.82, 2.24) is 15.6 Å². The van der Waals surface area contributed by atoms with Crippen molar-refractivity contribution in [2.75, 3.05) is 14.2 Å². The third kappa shape index (κ3) is 4.37. The van der Waals surface area contributed by atoms with Gasteiger partial charge in [-0.05, 0) is 29.3 Å². The molecular formula is C16H19N3O3. The van der Waals surface area contributed by atoms with Crippen molar-refractivity contribution in [1.29, 1.82) is 0 Å². The van der Waals surface area contributed by atoms with Gasteiger partial charge in [0, 0.05) is 25.5 Å². The first-order valence-corrected chi connectivity index (χ1v) is 6.84. The highest BCUT2D eigenvalue weighted by molar-refractivity contribution is 5.73. The van der Waals surface area contributed by atoms with Gasteiger partial charge in [-0.2, -0.15) is 0 Å². The molecule has 2 aromatic rings. The van der Waals surface area contributed by atoms with Crippen LogP contribution in [-0.4, -0.2) is 25.2 Å². The highest BCUT2D eigenvalue weighted by Gasteiger charge is 2.06. The van der Waals surface area contributed by atoms with Crippen LogP contribution in [0.4, 0.5) is 4.79 Å². The Bertz CT molecular complexity index is 617. The van der Waals surface area contributed by atoms with E-state index in [4.69, 9.17) is 9.47 Å². The zero-order valence-electron chi connectivity index (χ0n) is 12.6. The van der Waals surface area contributed by atoms with Crippen molar-refractivity contribution >= 4 is 6.03 Å². The van der Waals surface area contributed by atoms with E-state index in [1.165, 1.54) is 0 Å². The second kappa shape index (κ2) is 7.87. The number of nitrogens with one attached hydrogen (secondary N) is 2. The molecular weight excluding hydrogens is 282 g/mol. The molecule has 2 rings (SSSR count). The van der Waals surface area contributed by atoms with Gasteiger partial charge < -0.3 is 20.1 Å². The van der Waals surface area contributed by atoms with Crippen LogP contribution in [-0.2, 0) is 13.1 Å². The molecule has 0 radical (unpaired) electrons. The molecule has 0 aliphatic heterocycles. The van der Waals surface area contributed by atoms with Crippen LogP contribution in [0.25, 0.3) is 0 Å². The standard InChI is InChI=1S/C16H19N3O3/c1-21-14-6-5-12(8-15(14)22-2)10-18-16(20)19-11-13-4-3-7-17-9-13/h3-9H,10-11H2,1-2H3,(H2,18,19,20). The van der Waals surface area contributed by atoms with E-state index in [-0.39, 0.29) is 6.03 Å². The molecule has 2 N–H and O–H groups in total. The normalized spacial score (nSPS) is 9.91. The summed E-state index contributed by atoms with van der Waals surface area (Å²) in [6.45, 7) is 0.838. The summed E-state index contributed by atoms with van der Waals surface area (Å²) in [4.78, 5) is 15.8. The molecule has 2 amide bonds. The van der Waals surface area contributed by atoms with Gasteiger partial charge in [0.1, 0.15) is 0 Å². The molecule has 116 valence electrons. The summed E-state index contributed by atoms with van der Waals surface area (Å²) in [6, 6.07) is 9.02. The van der Waals surface area contributed by atoms with Gasteiger partial charge in [0.05, 0.1) is 14.2 Å². The predicted molar refractivity (Wildman–Crippen MR) is 82.9 cm³/mol. The number of urea groups is 1. The van der Waals surface area contributed by atoms with E-state index < -0.39 is 0 Å². The number of hydrogen-bond acceptors (Lipinski definition) is 4. The van der Waals surface area contributed by atoms with E-state index in [1.54, 1.807) is 26.6 Å². The maximum absolute atomic E-state index is 11.8. The second-order valence-corrected chi connectivity index (χ2v) is 4.59. The number of carbonyl (C=O) groups excluding carboxylic acids is 1. The van der Waals surface area contributed by atoms with E-state index in [0.29, 0.717) is 24.6 Å². The van der Waals surface area contributed by atoms with E-state index in [9.17, 15) is 4.79 Å². The quantitative estimate of drug-likeness (QED) is 0.857. The molecule has 1 heterocycles. The van der Waals surface area contributed by atoms with E-state index in [1.807, 2.05) is 30.3 Å². The lowest BCUT2D eigenvalue weighted by Gasteiger charge is -2.11. The number of amides is 2. The van der Waals surface area contributed by atoms with Crippen molar-refractivity contribution < 1.29 is 14.3 Å². The fraction of sp³-hybridized carbons (Fsp3) is 0.250. The van der Waals surface area contributed by atoms with Gasteiger partial charge in [0.25, 0.3) is 0 Å². The van der Waals surface area contributed by atoms with Gasteiger partial charge in [0.2, 0.25) is 0 Å². The Morgan fingerprint density at radius 3 is 2.41 bits per heavy atom. The highest BCUT2D eigenvalue weighted by Crippen LogP contribution is 2.27. The Morgan fingerprint density at radius 1 is 1.05 bits per heavy atom. The van der Waals surface area contributed by atoms with Gasteiger partial charge in [-0.15, -0.1) is 0 Å². The third-order valence-electron chi connectivity index (χ3n) is 3.08. The summed E-state index contributed by atoms with van der Waals surface area (Å²) in [5.41, 5.74) is 1.87. The Morgan fingerprint density at radius 2 is 1.77 bits per heavy atom. The molecule has 0 unspecified atom stereocenters. The Labute approximate surface area is 129 Å². The average Bonchev–Trinajstić information content (AvgIpc) is 2.58. The Balaban J connectivity index is 1.83. The van der Waals surface area contributed by atoms with Crippen molar-refractivity contribution in [3.05, 3.63) is 53.9 Å². The smallest absolute Gasteiger partial charge is 0.315 e. The number of aromatic nitrogens is 1. The minimum absolute atomic E-state index is 0.237. The van der Waals surface area contributed by atoms with Gasteiger partial charge in [-0.1, -0.05) is 12.1 Å². The lowest BCUT2D eigenvalue weighted by Crippen LogP contribution is -2.34. The number of pyridine rings is 1. The van der Waals surface area contributed by atoms with Gasteiger partial charge in [-0.3, -0.25) is 4.98 Å². The SMILES string of the molecule is COc1ccc(CNC(=O)NCc2cccnc2)cc1OC. The monoisotopic (exact) mass is 301 g/mol. The van der Waals surface area contributed by atoms with Crippen LogP contribution in [0.15, 0.2) is 42.7 Å². The number of rotatable bonds is 6. The lowest BCUT2D eigenvalue weighted by atomic mass is 10.2. The van der Waals surface area contributed by atoms with Crippen molar-refractivity contribution in [3.8, 4) is 11.5 Å². The maximum Gasteiger partial charge on any atom is 0.315 e. The largest absolute Gasteiger partial charge is 0.493 e. The molecule has 6 nitrogen and oxygen atoms in total. The summed E-state index contributed by atoms with van der Waals surface area (Å²) < 4.78 is 10.4. The van der Waals surface area contributed by atoms with Crippen LogP contribution in [0, 0.1) is 0 Å². The van der Waals surface area contributed by atoms with Gasteiger partial charge in [-0.25, -0.2) is 4.79 Å². The third-order valence-corrected chi connectivity index (χ3v) is 3.08. The number of hydrogen-bond donors (Lipinski definition) is 2. The summed E-state index contributed by atoms with van der Waals surface area (Å²) >= 11 is 0. The molecule has 0 fully saturated rings. The van der Waals surface area contributed by atoms with Crippen molar-refractivity contribution in [2.45, 2.75) is 13.1 Å². The van der Waals surface area contributed by atoms with E-state index >= 15 is 0 Å². The molecule has 0 spiro atoms. The van der Waals surface area contributed by atoms with E-state index in [2.05, 4.69) is 15.6 Å². The minimum Gasteiger partial charge on any atom is -0.493 e. The molecule has 1 aromatic heterocycles. The number of carbonyl (C=O) groups is 1. The van der Waals surface area contributed by atoms with Crippen LogP contribution in [0.3, 0.4) is 0 Å². The maximum atomic E-state index is 11.8. The van der Waals surface area contributed by atoms with Crippen LogP contribution in [0.5, 0.6) is 11.5 Å². The Kier molecular flexibility index (Phi) is 5.59. The number of benzene rings is 1. The Hall–Kier alpha value is -2.76. The topological polar surface area (TPSA) is 72.5 Å². The molecule has 22 heavy (non-hydrogen) atoms. The number of ether oxygens (including phenoxy) is 2. The van der Waals surface area contributed by atoms with Crippen LogP contribution < -0.4 is 20.1 Å². The van der Waals surface area contributed by atoms with E-state index in [0.717, 1.165) is 11.1 Å². The van der Waals surface area contributed by atoms with Crippen LogP contribution in [0.1, 0.15) is 11.1 Å². The van der Waals surface area contributed by atoms with Crippen molar-refractivity contribution in [3.63, 3.8) is 0 Å². The first-order valence-electron chi connectivity index (χ1n) is 6.84. The molecule has 0 saturated carbocycles. The molecule has 0 bridgehead atoms. The zero-order chi connectivity index (χ0) is 15.8. The summed E-state index contributed by atoms with van der Waals surface area (Å²) in [6.07, 6.45) is 3.41. The molecule has 0 atom stereocenters. The fourth-order valence-corrected chi connectivity index (χ4v) is 1.92. The first-order chi connectivity index (χ1) is 10.7. The second-order valence-electron chi connectivity index (χ2n) is 4.59. The molecule has 6 heteroatoms. The van der Waals surface area contributed by atoms with Crippen LogP contribution in [0.2, 0.25) is 0 Å². The average molecular weight is 301 g/mol. The number of methoxy groups -OCH3 is 2. The summed E-state index contributed by atoms with van der Waals surface area (Å²) in [5, 5.41) is 5.57. The first kappa shape index (κ1) is 15.6. The summed E-state index contributed by atoms with van der Waals surface area (Å²) in [7, 11) is 3.16. The minimum atomic E-state index is -0.237. The lowest BCUT2D eigenvalue weighted by molar-refractivity contribution is 0.240. The molecule has 0 aliphatic carbocycles. The zero-order valence-corrected chi connectivity index (χ0v) is 12.6. The van der Waals surface area contributed by atoms with Gasteiger partial charge >= 0.3 is 6.03 Å². The highest BCUT2D eigenvalue weighted by atomic mass is 16.5. The fourth-order valence-electron chi connectivity index (χ4n) is 1.92. The van der Waals surface area contributed by atoms with Gasteiger partial charge in [0.15, 0.2) is 11.5 Å². The number of nitrogens with zero attached hydrogens (tertiary/aromatic N) is 1. The molecule has 0 aliphatic rings. The molecule has 1 aromatic carbocycles. The molecule has 0 saturated heterocycles. The summed E-state index contributed by atoms with van der Waals surface area (Å²) in [5.74, 6) is 1.30. The van der Waals surface area contributed by atoms with Crippen molar-refractivity contribution in [2.24, 2.45) is 0 Å².